The molecule has 1 unspecified atom stereocenters. The summed E-state index contributed by atoms with van der Waals surface area (Å²) in [5, 5.41) is 0. The van der Waals surface area contributed by atoms with E-state index in [2.05, 4.69) is 135 Å². The molecule has 0 aliphatic rings. The summed E-state index contributed by atoms with van der Waals surface area (Å²) in [5.74, 6) is 0.631. The van der Waals surface area contributed by atoms with Crippen LogP contribution in [0, 0.1) is 30.6 Å². The molecule has 0 saturated carbocycles. The fourth-order valence-corrected chi connectivity index (χ4v) is 5.10. The molecule has 0 aliphatic carbocycles. The number of aryl methyl sites for hydroxylation is 2. The molecule has 0 amide bonds. The number of hydrogen-bond donors (Lipinski definition) is 0. The highest BCUT2D eigenvalue weighted by Crippen LogP contribution is 2.48. The summed E-state index contributed by atoms with van der Waals surface area (Å²) in [6.45, 7) is 21.0. The standard InChI is InChI=1S/C33H44/c1-24(2)32(8,9)22-27-19-26(4)20-30(21-27)33(23-31(5,6)7,28-13-11-10-12-14-28)29-17-15-25(3)16-18-29/h10-21,24H,22-23H2,1-9H3. The van der Waals surface area contributed by atoms with Crippen LogP contribution in [-0.2, 0) is 11.8 Å². The van der Waals surface area contributed by atoms with E-state index in [1.807, 2.05) is 0 Å². The average Bonchev–Trinajstić information content (AvgIpc) is 2.71. The second-order valence-electron chi connectivity index (χ2n) is 12.4. The van der Waals surface area contributed by atoms with Gasteiger partial charge in [-0.1, -0.05) is 132 Å². The van der Waals surface area contributed by atoms with Gasteiger partial charge in [0.25, 0.3) is 0 Å². The lowest BCUT2D eigenvalue weighted by atomic mass is 9.61. The third-order valence-corrected chi connectivity index (χ3v) is 7.46. The van der Waals surface area contributed by atoms with Crippen LogP contribution < -0.4 is 0 Å². The fourth-order valence-electron chi connectivity index (χ4n) is 5.10. The lowest BCUT2D eigenvalue weighted by Crippen LogP contribution is -2.34. The molecule has 3 aromatic rings. The van der Waals surface area contributed by atoms with Gasteiger partial charge in [-0.25, -0.2) is 0 Å². The van der Waals surface area contributed by atoms with Gasteiger partial charge in [0.15, 0.2) is 0 Å². The molecule has 3 rings (SSSR count). The predicted octanol–water partition coefficient (Wildman–Crippen LogP) is 9.30. The smallest absolute Gasteiger partial charge is 0.0456 e. The molecule has 0 fully saturated rings. The zero-order valence-electron chi connectivity index (χ0n) is 22.4. The Morgan fingerprint density at radius 3 is 1.76 bits per heavy atom. The highest BCUT2D eigenvalue weighted by molar-refractivity contribution is 5.53. The van der Waals surface area contributed by atoms with Crippen molar-refractivity contribution >= 4 is 0 Å². The lowest BCUT2D eigenvalue weighted by Gasteiger charge is -2.41. The number of benzene rings is 3. The zero-order valence-corrected chi connectivity index (χ0v) is 22.4. The topological polar surface area (TPSA) is 0 Å². The van der Waals surface area contributed by atoms with Gasteiger partial charge in [-0.15, -0.1) is 0 Å². The van der Waals surface area contributed by atoms with Crippen LogP contribution in [0.3, 0.4) is 0 Å². The van der Waals surface area contributed by atoms with Crippen molar-refractivity contribution in [3.05, 3.63) is 106 Å². The molecule has 0 aromatic heterocycles. The van der Waals surface area contributed by atoms with Crippen LogP contribution in [0.4, 0.5) is 0 Å². The van der Waals surface area contributed by atoms with Gasteiger partial charge >= 0.3 is 0 Å². The van der Waals surface area contributed by atoms with Crippen molar-refractivity contribution in [3.8, 4) is 0 Å². The number of hydrogen-bond acceptors (Lipinski definition) is 0. The second-order valence-corrected chi connectivity index (χ2v) is 12.4. The highest BCUT2D eigenvalue weighted by atomic mass is 14.4. The normalized spacial score (nSPS) is 14.4. The van der Waals surface area contributed by atoms with Crippen molar-refractivity contribution in [2.75, 3.05) is 0 Å². The van der Waals surface area contributed by atoms with Crippen molar-refractivity contribution in [3.63, 3.8) is 0 Å². The molecule has 176 valence electrons. The maximum Gasteiger partial charge on any atom is 0.0456 e. The summed E-state index contributed by atoms with van der Waals surface area (Å²) in [7, 11) is 0. The molecule has 0 radical (unpaired) electrons. The first kappa shape index (κ1) is 25.3. The van der Waals surface area contributed by atoms with Gasteiger partial charge in [-0.2, -0.15) is 0 Å². The lowest BCUT2D eigenvalue weighted by molar-refractivity contribution is 0.248. The van der Waals surface area contributed by atoms with Gasteiger partial charge in [0.1, 0.15) is 0 Å². The van der Waals surface area contributed by atoms with Crippen LogP contribution >= 0.6 is 0 Å². The summed E-state index contributed by atoms with van der Waals surface area (Å²) < 4.78 is 0. The molecule has 33 heavy (non-hydrogen) atoms. The van der Waals surface area contributed by atoms with E-state index in [0.29, 0.717) is 5.92 Å². The van der Waals surface area contributed by atoms with Gasteiger partial charge in [-0.05, 0) is 65.7 Å². The molecule has 0 heterocycles. The Hall–Kier alpha value is -2.34. The minimum atomic E-state index is -0.198. The zero-order chi connectivity index (χ0) is 24.4. The first-order chi connectivity index (χ1) is 15.3. The Morgan fingerprint density at radius 1 is 0.636 bits per heavy atom. The molecular weight excluding hydrogens is 396 g/mol. The van der Waals surface area contributed by atoms with E-state index in [4.69, 9.17) is 0 Å². The monoisotopic (exact) mass is 440 g/mol. The van der Waals surface area contributed by atoms with Crippen molar-refractivity contribution in [1.82, 2.24) is 0 Å². The fraction of sp³-hybridized carbons (Fsp3) is 0.455. The van der Waals surface area contributed by atoms with E-state index in [9.17, 15) is 0 Å². The molecule has 3 aromatic carbocycles. The molecule has 0 N–H and O–H groups in total. The summed E-state index contributed by atoms with van der Waals surface area (Å²) in [5.41, 5.74) is 8.50. The Labute approximate surface area is 203 Å². The summed E-state index contributed by atoms with van der Waals surface area (Å²) in [6.07, 6.45) is 2.14. The second kappa shape index (κ2) is 9.49. The van der Waals surface area contributed by atoms with Gasteiger partial charge in [0, 0.05) is 5.41 Å². The Kier molecular flexibility index (Phi) is 7.27. The molecular formula is C33H44. The van der Waals surface area contributed by atoms with E-state index >= 15 is 0 Å². The minimum Gasteiger partial charge on any atom is -0.0623 e. The molecule has 0 bridgehead atoms. The van der Waals surface area contributed by atoms with Gasteiger partial charge in [0.2, 0.25) is 0 Å². The van der Waals surface area contributed by atoms with Crippen LogP contribution in [0.25, 0.3) is 0 Å². The van der Waals surface area contributed by atoms with E-state index in [0.717, 1.165) is 12.8 Å². The Bertz CT molecular complexity index is 1050. The van der Waals surface area contributed by atoms with Crippen LogP contribution in [0.5, 0.6) is 0 Å². The van der Waals surface area contributed by atoms with Gasteiger partial charge in [-0.3, -0.25) is 0 Å². The summed E-state index contributed by atoms with van der Waals surface area (Å²) >= 11 is 0. The van der Waals surface area contributed by atoms with Gasteiger partial charge in [0.05, 0.1) is 0 Å². The van der Waals surface area contributed by atoms with Crippen molar-refractivity contribution in [1.29, 1.82) is 0 Å². The van der Waals surface area contributed by atoms with Crippen molar-refractivity contribution in [2.24, 2.45) is 16.7 Å². The molecule has 0 spiro atoms. The van der Waals surface area contributed by atoms with E-state index in [-0.39, 0.29) is 16.2 Å². The SMILES string of the molecule is Cc1ccc(C(CC(C)(C)C)(c2ccccc2)c2cc(C)cc(CC(C)(C)C(C)C)c2)cc1. The first-order valence-electron chi connectivity index (χ1n) is 12.6. The summed E-state index contributed by atoms with van der Waals surface area (Å²) in [6, 6.07) is 27.8. The summed E-state index contributed by atoms with van der Waals surface area (Å²) in [4.78, 5) is 0. The first-order valence-corrected chi connectivity index (χ1v) is 12.6. The van der Waals surface area contributed by atoms with Crippen LogP contribution in [0.2, 0.25) is 0 Å². The quantitative estimate of drug-likeness (QED) is 0.321. The van der Waals surface area contributed by atoms with Crippen LogP contribution in [0.15, 0.2) is 72.8 Å². The van der Waals surface area contributed by atoms with Crippen molar-refractivity contribution in [2.45, 2.75) is 80.6 Å². The maximum absolute atomic E-state index is 2.51. The maximum atomic E-state index is 2.51. The largest absolute Gasteiger partial charge is 0.0623 e. The third kappa shape index (κ3) is 5.78. The van der Waals surface area contributed by atoms with Gasteiger partial charge < -0.3 is 0 Å². The van der Waals surface area contributed by atoms with Crippen molar-refractivity contribution < 1.29 is 0 Å². The molecule has 0 nitrogen and oxygen atoms in total. The Balaban J connectivity index is 2.33. The highest BCUT2D eigenvalue weighted by Gasteiger charge is 2.40. The minimum absolute atomic E-state index is 0.155. The van der Waals surface area contributed by atoms with Crippen LogP contribution in [0.1, 0.15) is 88.3 Å². The molecule has 0 aliphatic heterocycles. The average molecular weight is 441 g/mol. The third-order valence-electron chi connectivity index (χ3n) is 7.46. The van der Waals surface area contributed by atoms with E-state index in [1.165, 1.54) is 33.4 Å². The molecule has 1 atom stereocenters. The Morgan fingerprint density at radius 2 is 1.21 bits per heavy atom. The predicted molar refractivity (Wildman–Crippen MR) is 145 cm³/mol. The molecule has 0 heteroatoms. The van der Waals surface area contributed by atoms with E-state index < -0.39 is 0 Å². The van der Waals surface area contributed by atoms with Crippen LogP contribution in [-0.4, -0.2) is 0 Å². The van der Waals surface area contributed by atoms with E-state index in [1.54, 1.807) is 0 Å². The molecule has 0 saturated heterocycles. The number of rotatable bonds is 7.